The molecule has 0 aliphatic carbocycles. The van der Waals surface area contributed by atoms with Crippen molar-refractivity contribution in [2.45, 2.75) is 0 Å². The number of carbonyl (C=O) groups is 1. The highest BCUT2D eigenvalue weighted by molar-refractivity contribution is 5.76. The van der Waals surface area contributed by atoms with Gasteiger partial charge in [-0.05, 0) is 12.1 Å². The number of hydrogen-bond acceptors (Lipinski definition) is 5. The molecule has 3 rings (SSSR count). The average molecular weight is 290 g/mol. The highest BCUT2D eigenvalue weighted by atomic mass is 16.2. The second-order valence-electron chi connectivity index (χ2n) is 5.49. The van der Waals surface area contributed by atoms with Gasteiger partial charge in [0.1, 0.15) is 5.82 Å². The van der Waals surface area contributed by atoms with E-state index in [2.05, 4.69) is 20.1 Å². The van der Waals surface area contributed by atoms with Crippen molar-refractivity contribution in [3.63, 3.8) is 0 Å². The smallest absolute Gasteiger partial charge is 0.317 e. The summed E-state index contributed by atoms with van der Waals surface area (Å²) >= 11 is 0. The number of anilines is 2. The van der Waals surface area contributed by atoms with Crippen LogP contribution in [0, 0.1) is 0 Å². The molecule has 2 amide bonds. The van der Waals surface area contributed by atoms with Crippen LogP contribution in [0.4, 0.5) is 16.3 Å². The fraction of sp³-hybridized carbons (Fsp3) is 0.571. The summed E-state index contributed by atoms with van der Waals surface area (Å²) in [6.07, 6.45) is 1.83. The van der Waals surface area contributed by atoms with Gasteiger partial charge in [-0.2, -0.15) is 0 Å². The maximum atomic E-state index is 11.5. The van der Waals surface area contributed by atoms with E-state index in [0.29, 0.717) is 5.82 Å². The summed E-state index contributed by atoms with van der Waals surface area (Å²) < 4.78 is 0. The molecule has 3 N–H and O–H groups in total. The van der Waals surface area contributed by atoms with Crippen molar-refractivity contribution >= 4 is 17.5 Å². The molecule has 0 atom stereocenters. The van der Waals surface area contributed by atoms with Crippen molar-refractivity contribution in [1.29, 1.82) is 0 Å². The lowest BCUT2D eigenvalue weighted by atomic mass is 10.2. The second kappa shape index (κ2) is 6.17. The van der Waals surface area contributed by atoms with E-state index in [4.69, 9.17) is 5.73 Å². The van der Waals surface area contributed by atoms with Gasteiger partial charge in [-0.1, -0.05) is 0 Å². The largest absolute Gasteiger partial charge is 0.384 e. The summed E-state index contributed by atoms with van der Waals surface area (Å²) in [5, 5.41) is 2.83. The average Bonchev–Trinajstić information content (AvgIpc) is 2.92. The predicted octanol–water partition coefficient (Wildman–Crippen LogP) is -0.189. The zero-order valence-electron chi connectivity index (χ0n) is 12.2. The van der Waals surface area contributed by atoms with Crippen molar-refractivity contribution < 1.29 is 4.79 Å². The Morgan fingerprint density at radius 1 is 1.14 bits per heavy atom. The number of rotatable bonds is 4. The number of aromatic nitrogens is 1. The lowest BCUT2D eigenvalue weighted by Gasteiger charge is -2.36. The zero-order valence-corrected chi connectivity index (χ0v) is 12.2. The molecular formula is C14H22N6O. The molecule has 21 heavy (non-hydrogen) atoms. The maximum Gasteiger partial charge on any atom is 0.317 e. The van der Waals surface area contributed by atoms with E-state index in [1.54, 1.807) is 0 Å². The summed E-state index contributed by atoms with van der Waals surface area (Å²) in [6, 6.07) is 3.93. The van der Waals surface area contributed by atoms with Gasteiger partial charge in [-0.3, -0.25) is 4.90 Å². The Hall–Kier alpha value is -2.02. The molecule has 2 fully saturated rings. The summed E-state index contributed by atoms with van der Waals surface area (Å²) in [4.78, 5) is 22.2. The van der Waals surface area contributed by atoms with E-state index < -0.39 is 0 Å². The molecule has 1 aromatic heterocycles. The van der Waals surface area contributed by atoms with Crippen LogP contribution in [-0.2, 0) is 0 Å². The maximum absolute atomic E-state index is 11.5. The van der Waals surface area contributed by atoms with Crippen LogP contribution < -0.4 is 16.0 Å². The first-order chi connectivity index (χ1) is 10.2. The number of hydrogen-bond donors (Lipinski definition) is 2. The van der Waals surface area contributed by atoms with E-state index in [1.807, 2.05) is 23.2 Å². The third-order valence-electron chi connectivity index (χ3n) is 4.14. The van der Waals surface area contributed by atoms with Crippen LogP contribution in [-0.4, -0.2) is 73.2 Å². The molecule has 0 aromatic carbocycles. The highest BCUT2D eigenvalue weighted by Gasteiger charge is 2.22. The Kier molecular flexibility index (Phi) is 4.10. The van der Waals surface area contributed by atoms with Gasteiger partial charge in [0.25, 0.3) is 0 Å². The minimum Gasteiger partial charge on any atom is -0.384 e. The van der Waals surface area contributed by atoms with Crippen LogP contribution in [0.25, 0.3) is 0 Å². The molecule has 0 saturated carbocycles. The Morgan fingerprint density at radius 3 is 2.57 bits per heavy atom. The molecule has 2 aliphatic heterocycles. The van der Waals surface area contributed by atoms with E-state index in [1.165, 1.54) is 0 Å². The number of piperazine rings is 1. The Balaban J connectivity index is 1.44. The molecule has 0 bridgehead atoms. The summed E-state index contributed by atoms with van der Waals surface area (Å²) in [7, 11) is 0. The monoisotopic (exact) mass is 290 g/mol. The van der Waals surface area contributed by atoms with Crippen LogP contribution >= 0.6 is 0 Å². The van der Waals surface area contributed by atoms with E-state index in [0.717, 1.165) is 58.0 Å². The van der Waals surface area contributed by atoms with Gasteiger partial charge in [0.05, 0.1) is 11.9 Å². The minimum atomic E-state index is 0.0709. The van der Waals surface area contributed by atoms with Gasteiger partial charge in [0.2, 0.25) is 0 Å². The van der Waals surface area contributed by atoms with Crippen molar-refractivity contribution in [2.24, 2.45) is 0 Å². The standard InChI is InChI=1S/C14H22N6O/c15-13-2-1-12(11-17-13)19-8-5-18(6-9-19)7-10-20-4-3-16-14(20)21/h1-2,11H,3-10H2,(H2,15,17)(H,16,21). The fourth-order valence-electron chi connectivity index (χ4n) is 2.80. The molecule has 0 radical (unpaired) electrons. The number of amides is 2. The lowest BCUT2D eigenvalue weighted by molar-refractivity contribution is 0.197. The van der Waals surface area contributed by atoms with Gasteiger partial charge >= 0.3 is 6.03 Å². The Labute approximate surface area is 124 Å². The van der Waals surface area contributed by atoms with Gasteiger partial charge in [-0.15, -0.1) is 0 Å². The van der Waals surface area contributed by atoms with Crippen molar-refractivity contribution in [3.05, 3.63) is 18.3 Å². The molecule has 0 spiro atoms. The number of nitrogens with one attached hydrogen (secondary N) is 1. The molecule has 3 heterocycles. The molecule has 0 unspecified atom stereocenters. The zero-order chi connectivity index (χ0) is 14.7. The normalized spacial score (nSPS) is 19.9. The third-order valence-corrected chi connectivity index (χ3v) is 4.14. The number of pyridine rings is 1. The quantitative estimate of drug-likeness (QED) is 0.804. The first-order valence-corrected chi connectivity index (χ1v) is 7.44. The molecule has 1 aromatic rings. The number of nitrogen functional groups attached to an aromatic ring is 1. The topological polar surface area (TPSA) is 77.7 Å². The van der Waals surface area contributed by atoms with E-state index in [9.17, 15) is 4.79 Å². The first-order valence-electron chi connectivity index (χ1n) is 7.44. The molecule has 2 saturated heterocycles. The SMILES string of the molecule is Nc1ccc(N2CCN(CCN3CCNC3=O)CC2)cn1. The number of nitrogens with zero attached hydrogens (tertiary/aromatic N) is 4. The molecule has 114 valence electrons. The van der Waals surface area contributed by atoms with Crippen molar-refractivity contribution in [1.82, 2.24) is 20.1 Å². The molecular weight excluding hydrogens is 268 g/mol. The Morgan fingerprint density at radius 2 is 1.95 bits per heavy atom. The van der Waals surface area contributed by atoms with Crippen LogP contribution in [0.3, 0.4) is 0 Å². The fourth-order valence-corrected chi connectivity index (χ4v) is 2.80. The lowest BCUT2D eigenvalue weighted by Crippen LogP contribution is -2.48. The number of carbonyl (C=O) groups excluding carboxylic acids is 1. The summed E-state index contributed by atoms with van der Waals surface area (Å²) in [6.45, 7) is 7.36. The van der Waals surface area contributed by atoms with Crippen molar-refractivity contribution in [3.8, 4) is 0 Å². The molecule has 7 heteroatoms. The number of nitrogens with two attached hydrogens (primary N) is 1. The van der Waals surface area contributed by atoms with Crippen LogP contribution in [0.1, 0.15) is 0 Å². The third kappa shape index (κ3) is 3.36. The molecule has 2 aliphatic rings. The van der Waals surface area contributed by atoms with Crippen LogP contribution in [0.15, 0.2) is 18.3 Å². The van der Waals surface area contributed by atoms with Gasteiger partial charge in [-0.25, -0.2) is 9.78 Å². The van der Waals surface area contributed by atoms with E-state index >= 15 is 0 Å². The van der Waals surface area contributed by atoms with Gasteiger partial charge in [0, 0.05) is 52.4 Å². The minimum absolute atomic E-state index is 0.0709. The predicted molar refractivity (Wildman–Crippen MR) is 82.3 cm³/mol. The Bertz CT molecular complexity index is 483. The van der Waals surface area contributed by atoms with Crippen molar-refractivity contribution in [2.75, 3.05) is 63.0 Å². The second-order valence-corrected chi connectivity index (χ2v) is 5.49. The molecule has 7 nitrogen and oxygen atoms in total. The summed E-state index contributed by atoms with van der Waals surface area (Å²) in [5.74, 6) is 0.557. The van der Waals surface area contributed by atoms with Crippen LogP contribution in [0.2, 0.25) is 0 Å². The first kappa shape index (κ1) is 13.9. The van der Waals surface area contributed by atoms with E-state index in [-0.39, 0.29) is 6.03 Å². The van der Waals surface area contributed by atoms with Gasteiger partial charge < -0.3 is 20.9 Å². The summed E-state index contributed by atoms with van der Waals surface area (Å²) in [5.41, 5.74) is 6.74. The number of urea groups is 1. The highest BCUT2D eigenvalue weighted by Crippen LogP contribution is 2.16. The van der Waals surface area contributed by atoms with Gasteiger partial charge in [0.15, 0.2) is 0 Å². The van der Waals surface area contributed by atoms with Crippen LogP contribution in [0.5, 0.6) is 0 Å².